The van der Waals surface area contributed by atoms with Crippen LogP contribution in [0.5, 0.6) is 0 Å². The van der Waals surface area contributed by atoms with Crippen molar-refractivity contribution in [1.82, 2.24) is 10.3 Å². The molecule has 24 heavy (non-hydrogen) atoms. The molecule has 0 saturated carbocycles. The Hall–Kier alpha value is -2.77. The molecule has 1 aromatic heterocycles. The maximum atomic E-state index is 12.7. The van der Waals surface area contributed by atoms with Gasteiger partial charge in [-0.1, -0.05) is 18.2 Å². The van der Waals surface area contributed by atoms with Gasteiger partial charge >= 0.3 is 12.1 Å². The molecule has 2 N–H and O–H groups in total. The Bertz CT molecular complexity index is 756. The summed E-state index contributed by atoms with van der Waals surface area (Å²) in [6.45, 7) is -0.278. The lowest BCUT2D eigenvalue weighted by Crippen LogP contribution is -2.48. The summed E-state index contributed by atoms with van der Waals surface area (Å²) in [5.41, 5.74) is 1.82. The third kappa shape index (κ3) is 2.99. The molecule has 8 heteroatoms. The fourth-order valence-corrected chi connectivity index (χ4v) is 2.80. The van der Waals surface area contributed by atoms with Gasteiger partial charge in [0.2, 0.25) is 0 Å². The first-order chi connectivity index (χ1) is 11.4. The number of halogens is 3. The highest BCUT2D eigenvalue weighted by Crippen LogP contribution is 2.33. The summed E-state index contributed by atoms with van der Waals surface area (Å²) in [4.78, 5) is 28.0. The molecule has 3 rings (SSSR count). The lowest BCUT2D eigenvalue weighted by molar-refractivity contribution is -0.173. The maximum absolute atomic E-state index is 12.7. The smallest absolute Gasteiger partial charge is 0.357 e. The van der Waals surface area contributed by atoms with Gasteiger partial charge in [-0.15, -0.1) is 0 Å². The van der Waals surface area contributed by atoms with Gasteiger partial charge in [0.05, 0.1) is 6.04 Å². The minimum Gasteiger partial charge on any atom is -0.357 e. The molecule has 1 aromatic carbocycles. The van der Waals surface area contributed by atoms with E-state index in [2.05, 4.69) is 4.98 Å². The molecule has 0 bridgehead atoms. The first-order valence-corrected chi connectivity index (χ1v) is 7.28. The fraction of sp³-hybridized carbons (Fsp3) is 0.250. The number of H-pyrrole nitrogens is 1. The third-order valence-corrected chi connectivity index (χ3v) is 3.87. The summed E-state index contributed by atoms with van der Waals surface area (Å²) in [6.07, 6.45) is -2.98. The number of alkyl halides is 3. The second-order valence-corrected chi connectivity index (χ2v) is 5.45. The first-order valence-electron chi connectivity index (χ1n) is 7.28. The summed E-state index contributed by atoms with van der Waals surface area (Å²) in [5, 5.41) is 1.86. The molecule has 1 aliphatic heterocycles. The Labute approximate surface area is 135 Å². The van der Waals surface area contributed by atoms with Gasteiger partial charge in [-0.05, 0) is 30.2 Å². The van der Waals surface area contributed by atoms with Crippen LogP contribution < -0.4 is 10.2 Å². The number of amides is 2. The average molecular weight is 337 g/mol. The quantitative estimate of drug-likeness (QED) is 0.902. The number of nitrogens with one attached hydrogen (secondary N) is 2. The number of carbonyl (C=O) groups is 2. The van der Waals surface area contributed by atoms with Crippen LogP contribution in [-0.2, 0) is 11.2 Å². The largest absolute Gasteiger partial charge is 0.471 e. The molecule has 5 nitrogen and oxygen atoms in total. The minimum absolute atomic E-state index is 0.278. The van der Waals surface area contributed by atoms with Crippen LogP contribution in [-0.4, -0.2) is 35.6 Å². The van der Waals surface area contributed by atoms with Crippen LogP contribution in [0.15, 0.2) is 42.6 Å². The van der Waals surface area contributed by atoms with Crippen LogP contribution in [0.1, 0.15) is 16.1 Å². The molecule has 2 aromatic rings. The molecule has 1 aliphatic rings. The number of rotatable bonds is 3. The number of para-hydroxylation sites is 1. The number of benzene rings is 1. The summed E-state index contributed by atoms with van der Waals surface area (Å²) in [7, 11) is 0. The number of hydrogen-bond acceptors (Lipinski definition) is 2. The van der Waals surface area contributed by atoms with Crippen LogP contribution in [0.3, 0.4) is 0 Å². The highest BCUT2D eigenvalue weighted by molar-refractivity contribution is 6.06. The number of aromatic nitrogens is 1. The first kappa shape index (κ1) is 16.1. The van der Waals surface area contributed by atoms with Gasteiger partial charge in [-0.3, -0.25) is 9.59 Å². The maximum Gasteiger partial charge on any atom is 0.471 e. The highest BCUT2D eigenvalue weighted by Gasteiger charge is 2.40. The van der Waals surface area contributed by atoms with Gasteiger partial charge in [-0.2, -0.15) is 13.2 Å². The minimum atomic E-state index is -4.94. The standard InChI is InChI=1S/C16H14F3N3O2/c17-16(18,19)15(24)21-9-11-8-10-4-1-2-6-13(10)22(11)14(23)12-5-3-7-20-12/h1-7,11,20H,8-9H2,(H,21,24). The van der Waals surface area contributed by atoms with Crippen LogP contribution in [0.4, 0.5) is 18.9 Å². The van der Waals surface area contributed by atoms with Crippen LogP contribution in [0.25, 0.3) is 0 Å². The van der Waals surface area contributed by atoms with E-state index in [0.29, 0.717) is 17.8 Å². The molecule has 0 spiro atoms. The Morgan fingerprint density at radius 2 is 1.96 bits per heavy atom. The average Bonchev–Trinajstić information content (AvgIpc) is 3.18. The molecular weight excluding hydrogens is 323 g/mol. The fourth-order valence-electron chi connectivity index (χ4n) is 2.80. The van der Waals surface area contributed by atoms with Gasteiger partial charge in [0, 0.05) is 18.4 Å². The molecule has 0 aliphatic carbocycles. The predicted octanol–water partition coefficient (Wildman–Crippen LogP) is 2.26. The zero-order valence-electron chi connectivity index (χ0n) is 12.4. The third-order valence-electron chi connectivity index (χ3n) is 3.87. The number of hydrogen-bond donors (Lipinski definition) is 2. The van der Waals surface area contributed by atoms with E-state index in [1.54, 1.807) is 36.5 Å². The van der Waals surface area contributed by atoms with E-state index in [0.717, 1.165) is 5.56 Å². The SMILES string of the molecule is O=C(c1ccc[nH]1)N1c2ccccc2CC1CNC(=O)C(F)(F)F. The number of carbonyl (C=O) groups excluding carboxylic acids is 2. The van der Waals surface area contributed by atoms with Crippen molar-refractivity contribution in [3.05, 3.63) is 53.9 Å². The van der Waals surface area contributed by atoms with Gasteiger partial charge in [0.25, 0.3) is 5.91 Å². The lowest BCUT2D eigenvalue weighted by Gasteiger charge is -2.25. The second-order valence-electron chi connectivity index (χ2n) is 5.45. The summed E-state index contributed by atoms with van der Waals surface area (Å²) < 4.78 is 37.1. The summed E-state index contributed by atoms with van der Waals surface area (Å²) in [5.74, 6) is -2.36. The van der Waals surface area contributed by atoms with Crippen molar-refractivity contribution in [3.8, 4) is 0 Å². The second kappa shape index (κ2) is 6.03. The van der Waals surface area contributed by atoms with Crippen molar-refractivity contribution < 1.29 is 22.8 Å². The van der Waals surface area contributed by atoms with E-state index in [4.69, 9.17) is 0 Å². The van der Waals surface area contributed by atoms with Crippen LogP contribution in [0.2, 0.25) is 0 Å². The lowest BCUT2D eigenvalue weighted by atomic mass is 10.1. The molecule has 0 saturated heterocycles. The van der Waals surface area contributed by atoms with Gasteiger partial charge < -0.3 is 15.2 Å². The Kier molecular flexibility index (Phi) is 4.04. The van der Waals surface area contributed by atoms with Gasteiger partial charge in [0.1, 0.15) is 5.69 Å². The predicted molar refractivity (Wildman–Crippen MR) is 80.6 cm³/mol. The van der Waals surface area contributed by atoms with Gasteiger partial charge in [0.15, 0.2) is 0 Å². The molecule has 1 atom stereocenters. The van der Waals surface area contributed by atoms with Crippen molar-refractivity contribution in [2.24, 2.45) is 0 Å². The van der Waals surface area contributed by atoms with Crippen molar-refractivity contribution >= 4 is 17.5 Å². The van der Waals surface area contributed by atoms with Crippen molar-refractivity contribution in [1.29, 1.82) is 0 Å². The molecule has 0 fully saturated rings. The normalized spacial score (nSPS) is 16.8. The van der Waals surface area contributed by atoms with Crippen LogP contribution in [0, 0.1) is 0 Å². The number of anilines is 1. The Morgan fingerprint density at radius 1 is 1.21 bits per heavy atom. The molecule has 0 radical (unpaired) electrons. The topological polar surface area (TPSA) is 65.2 Å². The zero-order chi connectivity index (χ0) is 17.3. The molecule has 126 valence electrons. The molecule has 2 heterocycles. The van der Waals surface area contributed by atoms with E-state index in [-0.39, 0.29) is 12.5 Å². The monoisotopic (exact) mass is 337 g/mol. The van der Waals surface area contributed by atoms with E-state index in [1.165, 1.54) is 4.90 Å². The molecule has 2 amide bonds. The highest BCUT2D eigenvalue weighted by atomic mass is 19.4. The number of aromatic amines is 1. The van der Waals surface area contributed by atoms with E-state index < -0.39 is 18.1 Å². The van der Waals surface area contributed by atoms with Crippen molar-refractivity contribution in [3.63, 3.8) is 0 Å². The summed E-state index contributed by atoms with van der Waals surface area (Å²) >= 11 is 0. The summed E-state index contributed by atoms with van der Waals surface area (Å²) in [6, 6.07) is 9.78. The van der Waals surface area contributed by atoms with E-state index >= 15 is 0 Å². The van der Waals surface area contributed by atoms with Crippen molar-refractivity contribution in [2.45, 2.75) is 18.6 Å². The van der Waals surface area contributed by atoms with Crippen LogP contribution >= 0.6 is 0 Å². The van der Waals surface area contributed by atoms with Crippen molar-refractivity contribution in [2.75, 3.05) is 11.4 Å². The van der Waals surface area contributed by atoms with E-state index in [9.17, 15) is 22.8 Å². The molecular formula is C16H14F3N3O2. The Morgan fingerprint density at radius 3 is 2.62 bits per heavy atom. The molecule has 1 unspecified atom stereocenters. The number of nitrogens with zero attached hydrogens (tertiary/aromatic N) is 1. The van der Waals surface area contributed by atoms with Gasteiger partial charge in [-0.25, -0.2) is 0 Å². The zero-order valence-corrected chi connectivity index (χ0v) is 12.4. The Balaban J connectivity index is 1.83. The number of fused-ring (bicyclic) bond motifs is 1. The van der Waals surface area contributed by atoms with E-state index in [1.807, 2.05) is 11.4 Å².